The van der Waals surface area contributed by atoms with Gasteiger partial charge in [0.05, 0.1) is 6.61 Å². The molecule has 2 aromatic rings. The number of fused-ring (bicyclic) bond motifs is 1. The fourth-order valence-electron chi connectivity index (χ4n) is 4.77. The predicted octanol–water partition coefficient (Wildman–Crippen LogP) is 1.49. The van der Waals surface area contributed by atoms with Gasteiger partial charge in [-0.2, -0.15) is 0 Å². The lowest BCUT2D eigenvalue weighted by atomic mass is 9.85. The summed E-state index contributed by atoms with van der Waals surface area (Å²) in [5.41, 5.74) is 2.08. The smallest absolute Gasteiger partial charge is 0.290 e. The van der Waals surface area contributed by atoms with Crippen LogP contribution in [0, 0.1) is 6.92 Å². The number of nitrogens with zero attached hydrogens (tertiary/aromatic N) is 2. The lowest BCUT2D eigenvalue weighted by molar-refractivity contribution is -0.148. The fourth-order valence-corrected chi connectivity index (χ4v) is 4.77. The topological polar surface area (TPSA) is 114 Å². The monoisotopic (exact) mass is 415 g/mol. The normalized spacial score (nSPS) is 21.7. The molecule has 1 unspecified atom stereocenters. The van der Waals surface area contributed by atoms with E-state index in [0.717, 1.165) is 48.7 Å². The summed E-state index contributed by atoms with van der Waals surface area (Å²) in [6.07, 6.45) is 3.57. The van der Waals surface area contributed by atoms with Crippen LogP contribution in [-0.2, 0) is 16.1 Å². The molecule has 8 nitrogen and oxygen atoms in total. The minimum absolute atomic E-state index is 0.00835. The highest BCUT2D eigenvalue weighted by molar-refractivity contribution is 5.87. The van der Waals surface area contributed by atoms with Gasteiger partial charge in [0.25, 0.3) is 12.0 Å². The summed E-state index contributed by atoms with van der Waals surface area (Å²) in [6, 6.07) is 8.01. The number of aliphatic hydroxyl groups excluding tert-OH is 1. The Balaban J connectivity index is 0.000000806. The molecule has 1 spiro atoms. The SMILES string of the molecule is Cc1ccc2cc(CN3CCCC34CCCN(CCO)C4=O)c(=O)[nH]c2c1.O=CO. The number of aromatic nitrogens is 1. The summed E-state index contributed by atoms with van der Waals surface area (Å²) in [5, 5.41) is 17.2. The summed E-state index contributed by atoms with van der Waals surface area (Å²) in [4.78, 5) is 41.1. The molecule has 1 atom stereocenters. The summed E-state index contributed by atoms with van der Waals surface area (Å²) in [7, 11) is 0. The third kappa shape index (κ3) is 4.24. The van der Waals surface area contributed by atoms with Crippen LogP contribution in [-0.4, -0.2) is 69.2 Å². The molecule has 0 radical (unpaired) electrons. The van der Waals surface area contributed by atoms with Crippen LogP contribution in [0.15, 0.2) is 29.1 Å². The Bertz CT molecular complexity index is 971. The largest absolute Gasteiger partial charge is 0.483 e. The maximum Gasteiger partial charge on any atom is 0.290 e. The number of aryl methyl sites for hydroxylation is 1. The van der Waals surface area contributed by atoms with Gasteiger partial charge < -0.3 is 20.1 Å². The Kier molecular flexibility index (Phi) is 6.89. The zero-order valence-electron chi connectivity index (χ0n) is 17.3. The second-order valence-electron chi connectivity index (χ2n) is 8.00. The molecular formula is C22H29N3O5. The molecule has 3 N–H and O–H groups in total. The van der Waals surface area contributed by atoms with Crippen molar-refractivity contribution in [1.82, 2.24) is 14.8 Å². The molecule has 2 aliphatic rings. The predicted molar refractivity (Wildman–Crippen MR) is 113 cm³/mol. The summed E-state index contributed by atoms with van der Waals surface area (Å²) in [5.74, 6) is 0.119. The van der Waals surface area contributed by atoms with Crippen LogP contribution >= 0.6 is 0 Å². The standard InChI is InChI=1S/C21H27N3O3.CH2O2/c1-15-4-5-16-13-17(19(26)22-18(16)12-15)14-24-9-3-7-21(24)6-2-8-23(10-11-25)20(21)27;2-1-3/h4-5,12-13,25H,2-3,6-11,14H2,1H3,(H,22,26);1H,(H,2,3). The number of H-pyrrole nitrogens is 1. The molecule has 4 rings (SSSR count). The first-order chi connectivity index (χ1) is 14.4. The van der Waals surface area contributed by atoms with E-state index in [1.54, 1.807) is 4.90 Å². The van der Waals surface area contributed by atoms with E-state index < -0.39 is 5.54 Å². The molecule has 30 heavy (non-hydrogen) atoms. The fraction of sp³-hybridized carbons (Fsp3) is 0.500. The second kappa shape index (κ2) is 9.40. The van der Waals surface area contributed by atoms with Gasteiger partial charge in [-0.25, -0.2) is 0 Å². The number of aromatic amines is 1. The number of hydrogen-bond acceptors (Lipinski definition) is 5. The first kappa shape index (κ1) is 22.0. The quantitative estimate of drug-likeness (QED) is 0.652. The molecule has 162 valence electrons. The number of piperidine rings is 1. The molecule has 2 aliphatic heterocycles. The van der Waals surface area contributed by atoms with Gasteiger partial charge in [0.1, 0.15) is 5.54 Å². The van der Waals surface area contributed by atoms with Crippen LogP contribution in [0.4, 0.5) is 0 Å². The van der Waals surface area contributed by atoms with E-state index in [-0.39, 0.29) is 24.5 Å². The van der Waals surface area contributed by atoms with E-state index in [1.807, 2.05) is 31.2 Å². The second-order valence-corrected chi connectivity index (χ2v) is 8.00. The molecule has 3 heterocycles. The minimum atomic E-state index is -0.512. The van der Waals surface area contributed by atoms with Crippen molar-refractivity contribution in [3.63, 3.8) is 0 Å². The van der Waals surface area contributed by atoms with Crippen molar-refractivity contribution in [2.75, 3.05) is 26.2 Å². The number of likely N-dealkylation sites (tertiary alicyclic amines) is 2. The van der Waals surface area contributed by atoms with Crippen LogP contribution in [0.1, 0.15) is 36.8 Å². The molecule has 8 heteroatoms. The Morgan fingerprint density at radius 3 is 2.57 bits per heavy atom. The van der Waals surface area contributed by atoms with E-state index in [9.17, 15) is 14.7 Å². The van der Waals surface area contributed by atoms with Crippen LogP contribution < -0.4 is 5.56 Å². The average molecular weight is 415 g/mol. The molecule has 2 fully saturated rings. The number of carbonyl (C=O) groups is 2. The molecule has 1 amide bonds. The first-order valence-corrected chi connectivity index (χ1v) is 10.3. The number of carboxylic acid groups (broad SMARTS) is 1. The molecule has 0 bridgehead atoms. The maximum atomic E-state index is 13.2. The number of nitrogens with one attached hydrogen (secondary N) is 1. The number of amides is 1. The molecular weight excluding hydrogens is 386 g/mol. The minimum Gasteiger partial charge on any atom is -0.483 e. The zero-order chi connectivity index (χ0) is 21.7. The third-order valence-electron chi connectivity index (χ3n) is 6.14. The number of pyridine rings is 1. The van der Waals surface area contributed by atoms with Gasteiger partial charge in [-0.1, -0.05) is 12.1 Å². The van der Waals surface area contributed by atoms with E-state index in [2.05, 4.69) is 9.88 Å². The van der Waals surface area contributed by atoms with E-state index in [4.69, 9.17) is 9.90 Å². The highest BCUT2D eigenvalue weighted by Gasteiger charge is 2.50. The van der Waals surface area contributed by atoms with Crippen LogP contribution in [0.3, 0.4) is 0 Å². The number of carbonyl (C=O) groups excluding carboxylic acids is 1. The van der Waals surface area contributed by atoms with Crippen LogP contribution in [0.5, 0.6) is 0 Å². The Hall–Kier alpha value is -2.71. The number of aliphatic hydroxyl groups is 1. The molecule has 0 aliphatic carbocycles. The molecule has 0 saturated carbocycles. The number of benzene rings is 1. The molecule has 1 aromatic carbocycles. The van der Waals surface area contributed by atoms with Crippen molar-refractivity contribution in [1.29, 1.82) is 0 Å². The van der Waals surface area contributed by atoms with Crippen molar-refractivity contribution in [2.45, 2.75) is 44.7 Å². The maximum absolute atomic E-state index is 13.2. The Morgan fingerprint density at radius 1 is 1.17 bits per heavy atom. The van der Waals surface area contributed by atoms with Gasteiger partial charge in [-0.05, 0) is 62.2 Å². The summed E-state index contributed by atoms with van der Waals surface area (Å²) >= 11 is 0. The zero-order valence-corrected chi connectivity index (χ0v) is 17.3. The molecule has 2 saturated heterocycles. The first-order valence-electron chi connectivity index (χ1n) is 10.3. The molecule has 1 aromatic heterocycles. The van der Waals surface area contributed by atoms with Crippen molar-refractivity contribution >= 4 is 23.3 Å². The Labute approximate surface area is 175 Å². The van der Waals surface area contributed by atoms with Crippen molar-refractivity contribution in [2.24, 2.45) is 0 Å². The van der Waals surface area contributed by atoms with Crippen LogP contribution in [0.2, 0.25) is 0 Å². The van der Waals surface area contributed by atoms with Gasteiger partial charge in [-0.15, -0.1) is 0 Å². The average Bonchev–Trinajstić information content (AvgIpc) is 3.10. The van der Waals surface area contributed by atoms with Crippen molar-refractivity contribution in [3.8, 4) is 0 Å². The van der Waals surface area contributed by atoms with Crippen molar-refractivity contribution in [3.05, 3.63) is 45.7 Å². The number of rotatable bonds is 4. The lowest BCUT2D eigenvalue weighted by Crippen LogP contribution is -2.60. The third-order valence-corrected chi connectivity index (χ3v) is 6.14. The van der Waals surface area contributed by atoms with Gasteiger partial charge in [-0.3, -0.25) is 19.3 Å². The number of β-amino-alcohol motifs (C(OH)–C–C–N with tert-alkyl or cyclic N) is 1. The van der Waals surface area contributed by atoms with Gasteiger partial charge in [0.15, 0.2) is 0 Å². The van der Waals surface area contributed by atoms with Crippen molar-refractivity contribution < 1.29 is 19.8 Å². The van der Waals surface area contributed by atoms with E-state index in [1.165, 1.54) is 0 Å². The van der Waals surface area contributed by atoms with Gasteiger partial charge >= 0.3 is 0 Å². The van der Waals surface area contributed by atoms with Crippen LogP contribution in [0.25, 0.3) is 10.9 Å². The summed E-state index contributed by atoms with van der Waals surface area (Å²) in [6.45, 7) is 4.16. The van der Waals surface area contributed by atoms with E-state index >= 15 is 0 Å². The Morgan fingerprint density at radius 2 is 1.87 bits per heavy atom. The highest BCUT2D eigenvalue weighted by atomic mass is 16.3. The summed E-state index contributed by atoms with van der Waals surface area (Å²) < 4.78 is 0. The van der Waals surface area contributed by atoms with Gasteiger partial charge in [0, 0.05) is 30.7 Å². The lowest BCUT2D eigenvalue weighted by Gasteiger charge is -2.44. The van der Waals surface area contributed by atoms with E-state index in [0.29, 0.717) is 25.2 Å². The number of hydrogen-bond donors (Lipinski definition) is 3. The highest BCUT2D eigenvalue weighted by Crippen LogP contribution is 2.39. The van der Waals surface area contributed by atoms with Gasteiger partial charge in [0.2, 0.25) is 5.91 Å².